The summed E-state index contributed by atoms with van der Waals surface area (Å²) in [5, 5.41) is 11.2. The fourth-order valence-electron chi connectivity index (χ4n) is 1.50. The zero-order valence-corrected chi connectivity index (χ0v) is 12.6. The van der Waals surface area contributed by atoms with E-state index in [9.17, 15) is 4.79 Å². The van der Waals surface area contributed by atoms with E-state index in [1.165, 1.54) is 11.3 Å². The summed E-state index contributed by atoms with van der Waals surface area (Å²) in [6.45, 7) is 2.00. The highest BCUT2D eigenvalue weighted by molar-refractivity contribution is 8.00. The predicted octanol–water partition coefficient (Wildman–Crippen LogP) is 4.02. The number of rotatable bonds is 5. The van der Waals surface area contributed by atoms with E-state index in [0.29, 0.717) is 5.69 Å². The van der Waals surface area contributed by atoms with Crippen LogP contribution in [0.5, 0.6) is 0 Å². The van der Waals surface area contributed by atoms with Crippen LogP contribution in [0.3, 0.4) is 0 Å². The van der Waals surface area contributed by atoms with E-state index >= 15 is 0 Å². The standard InChI is InChI=1S/C13H12ClNO2S2/c1-8-2-3-9(11(14)4-8)6-18-13-15-10(7-19-13)5-12(16)17/h2-4,7H,5-6H2,1H3,(H,16,17). The number of thiazole rings is 1. The van der Waals surface area contributed by atoms with E-state index in [0.717, 1.165) is 26.2 Å². The Morgan fingerprint density at radius 2 is 2.32 bits per heavy atom. The van der Waals surface area contributed by atoms with Gasteiger partial charge < -0.3 is 5.11 Å². The molecule has 1 aromatic heterocycles. The van der Waals surface area contributed by atoms with Gasteiger partial charge in [-0.15, -0.1) is 11.3 Å². The summed E-state index contributed by atoms with van der Waals surface area (Å²) in [5.41, 5.74) is 2.80. The van der Waals surface area contributed by atoms with E-state index in [4.69, 9.17) is 16.7 Å². The molecule has 1 aromatic carbocycles. The topological polar surface area (TPSA) is 50.2 Å². The normalized spacial score (nSPS) is 10.6. The molecule has 19 heavy (non-hydrogen) atoms. The van der Waals surface area contributed by atoms with Crippen molar-refractivity contribution in [2.75, 3.05) is 0 Å². The first-order chi connectivity index (χ1) is 9.04. The Morgan fingerprint density at radius 3 is 3.00 bits per heavy atom. The lowest BCUT2D eigenvalue weighted by Gasteiger charge is -2.03. The number of thioether (sulfide) groups is 1. The van der Waals surface area contributed by atoms with Crippen LogP contribution in [0.1, 0.15) is 16.8 Å². The number of hydrogen-bond acceptors (Lipinski definition) is 4. The van der Waals surface area contributed by atoms with Gasteiger partial charge in [0.25, 0.3) is 0 Å². The third kappa shape index (κ3) is 4.23. The smallest absolute Gasteiger partial charge is 0.309 e. The van der Waals surface area contributed by atoms with Crippen molar-refractivity contribution in [2.24, 2.45) is 0 Å². The molecule has 0 aliphatic heterocycles. The summed E-state index contributed by atoms with van der Waals surface area (Å²) in [6, 6.07) is 5.98. The molecule has 100 valence electrons. The second-order valence-electron chi connectivity index (χ2n) is 4.06. The van der Waals surface area contributed by atoms with Crippen molar-refractivity contribution in [2.45, 2.75) is 23.4 Å². The minimum Gasteiger partial charge on any atom is -0.481 e. The zero-order chi connectivity index (χ0) is 13.8. The van der Waals surface area contributed by atoms with Gasteiger partial charge in [0.1, 0.15) is 4.34 Å². The summed E-state index contributed by atoms with van der Waals surface area (Å²) in [6.07, 6.45) is -0.0254. The van der Waals surface area contributed by atoms with Crippen LogP contribution >= 0.6 is 34.7 Å². The Balaban J connectivity index is 1.98. The highest BCUT2D eigenvalue weighted by Gasteiger charge is 2.08. The molecular formula is C13H12ClNO2S2. The van der Waals surface area contributed by atoms with Gasteiger partial charge >= 0.3 is 5.97 Å². The highest BCUT2D eigenvalue weighted by atomic mass is 35.5. The summed E-state index contributed by atoms with van der Waals surface area (Å²) < 4.78 is 0.868. The molecule has 0 atom stereocenters. The van der Waals surface area contributed by atoms with Gasteiger partial charge in [-0.05, 0) is 24.1 Å². The van der Waals surface area contributed by atoms with Crippen LogP contribution < -0.4 is 0 Å². The molecule has 0 aliphatic rings. The first-order valence-corrected chi connectivity index (χ1v) is 7.83. The quantitative estimate of drug-likeness (QED) is 0.847. The molecule has 3 nitrogen and oxygen atoms in total. The molecule has 0 saturated heterocycles. The summed E-state index contributed by atoms with van der Waals surface area (Å²) in [5.74, 6) is -0.123. The van der Waals surface area contributed by atoms with Crippen molar-refractivity contribution >= 4 is 40.7 Å². The lowest BCUT2D eigenvalue weighted by atomic mass is 10.2. The van der Waals surface area contributed by atoms with Crippen LogP contribution in [0.15, 0.2) is 27.9 Å². The number of aromatic nitrogens is 1. The van der Waals surface area contributed by atoms with Crippen molar-refractivity contribution in [1.82, 2.24) is 4.98 Å². The largest absolute Gasteiger partial charge is 0.481 e. The number of aliphatic carboxylic acids is 1. The van der Waals surface area contributed by atoms with Gasteiger partial charge in [0.2, 0.25) is 0 Å². The van der Waals surface area contributed by atoms with Crippen molar-refractivity contribution in [3.8, 4) is 0 Å². The Labute approximate surface area is 124 Å². The van der Waals surface area contributed by atoms with Gasteiger partial charge in [-0.2, -0.15) is 0 Å². The molecular weight excluding hydrogens is 302 g/mol. The Kier molecular flexibility index (Phi) is 4.85. The fourth-order valence-corrected chi connectivity index (χ4v) is 3.73. The summed E-state index contributed by atoms with van der Waals surface area (Å²) in [4.78, 5) is 14.8. The zero-order valence-electron chi connectivity index (χ0n) is 10.2. The van der Waals surface area contributed by atoms with E-state index in [1.807, 2.05) is 25.1 Å². The average Bonchev–Trinajstić information content (AvgIpc) is 2.74. The first-order valence-electron chi connectivity index (χ1n) is 5.58. The van der Waals surface area contributed by atoms with Crippen LogP contribution in [0.2, 0.25) is 5.02 Å². The van der Waals surface area contributed by atoms with Crippen LogP contribution in [0, 0.1) is 6.92 Å². The van der Waals surface area contributed by atoms with E-state index < -0.39 is 5.97 Å². The maximum Gasteiger partial charge on any atom is 0.309 e. The third-order valence-electron chi connectivity index (χ3n) is 2.42. The monoisotopic (exact) mass is 313 g/mol. The maximum absolute atomic E-state index is 10.6. The number of benzene rings is 1. The lowest BCUT2D eigenvalue weighted by molar-refractivity contribution is -0.136. The van der Waals surface area contributed by atoms with E-state index in [2.05, 4.69) is 4.98 Å². The molecule has 0 amide bonds. The molecule has 0 unspecified atom stereocenters. The summed E-state index contributed by atoms with van der Waals surface area (Å²) >= 11 is 9.20. The minimum atomic E-state index is -0.858. The maximum atomic E-state index is 10.6. The molecule has 0 fully saturated rings. The van der Waals surface area contributed by atoms with E-state index in [1.54, 1.807) is 17.1 Å². The van der Waals surface area contributed by atoms with Crippen molar-refractivity contribution in [3.63, 3.8) is 0 Å². The van der Waals surface area contributed by atoms with Crippen molar-refractivity contribution in [3.05, 3.63) is 45.4 Å². The fraction of sp³-hybridized carbons (Fsp3) is 0.231. The van der Waals surface area contributed by atoms with Crippen molar-refractivity contribution < 1.29 is 9.90 Å². The number of aryl methyl sites for hydroxylation is 1. The Bertz CT molecular complexity index is 598. The second-order valence-corrected chi connectivity index (χ2v) is 6.55. The highest BCUT2D eigenvalue weighted by Crippen LogP contribution is 2.29. The average molecular weight is 314 g/mol. The number of nitrogens with zero attached hydrogens (tertiary/aromatic N) is 1. The van der Waals surface area contributed by atoms with E-state index in [-0.39, 0.29) is 6.42 Å². The van der Waals surface area contributed by atoms with Gasteiger partial charge in [0.15, 0.2) is 0 Å². The molecule has 0 spiro atoms. The lowest BCUT2D eigenvalue weighted by Crippen LogP contribution is -1.99. The molecule has 0 saturated carbocycles. The molecule has 1 heterocycles. The molecule has 1 N–H and O–H groups in total. The van der Waals surface area contributed by atoms with Crippen molar-refractivity contribution in [1.29, 1.82) is 0 Å². The van der Waals surface area contributed by atoms with Crippen LogP contribution in [0.25, 0.3) is 0 Å². The number of carboxylic acid groups (broad SMARTS) is 1. The molecule has 2 rings (SSSR count). The molecule has 0 aliphatic carbocycles. The first kappa shape index (κ1) is 14.4. The number of halogens is 1. The number of hydrogen-bond donors (Lipinski definition) is 1. The molecule has 0 radical (unpaired) electrons. The van der Waals surface area contributed by atoms with Gasteiger partial charge in [-0.25, -0.2) is 4.98 Å². The van der Waals surface area contributed by atoms with Gasteiger partial charge in [-0.1, -0.05) is 35.5 Å². The SMILES string of the molecule is Cc1ccc(CSc2nc(CC(=O)O)cs2)c(Cl)c1. The van der Waals surface area contributed by atoms with Crippen LogP contribution in [-0.2, 0) is 17.0 Å². The second kappa shape index (κ2) is 6.41. The third-order valence-corrected chi connectivity index (χ3v) is 4.89. The Morgan fingerprint density at radius 1 is 1.53 bits per heavy atom. The van der Waals surface area contributed by atoms with Crippen LogP contribution in [0.4, 0.5) is 0 Å². The van der Waals surface area contributed by atoms with Gasteiger partial charge in [0.05, 0.1) is 12.1 Å². The molecule has 0 bridgehead atoms. The molecule has 6 heteroatoms. The minimum absolute atomic E-state index is 0.0254. The number of carboxylic acids is 1. The summed E-state index contributed by atoms with van der Waals surface area (Å²) in [7, 11) is 0. The van der Waals surface area contributed by atoms with Crippen LogP contribution in [-0.4, -0.2) is 16.1 Å². The Hall–Kier alpha value is -1.04. The van der Waals surface area contributed by atoms with Gasteiger partial charge in [-0.3, -0.25) is 4.79 Å². The molecule has 2 aromatic rings. The van der Waals surface area contributed by atoms with Gasteiger partial charge in [0, 0.05) is 16.2 Å². The predicted molar refractivity (Wildman–Crippen MR) is 79.2 cm³/mol. The number of carbonyl (C=O) groups is 1.